The first kappa shape index (κ1) is 17.2. The predicted octanol–water partition coefficient (Wildman–Crippen LogP) is 4.70. The molecule has 1 atom stereocenters. The second-order valence-electron chi connectivity index (χ2n) is 6.25. The minimum atomic E-state index is -0.437. The maximum Gasteiger partial charge on any atom is 0.247 e. The van der Waals surface area contributed by atoms with Gasteiger partial charge in [0.05, 0.1) is 10.2 Å². The average molecular weight is 378 g/mol. The molecule has 2 aromatic carbocycles. The first-order chi connectivity index (χ1) is 13.1. The summed E-state index contributed by atoms with van der Waals surface area (Å²) in [7, 11) is 0. The fourth-order valence-electron chi connectivity index (χ4n) is 2.71. The number of para-hydroxylation sites is 1. The van der Waals surface area contributed by atoms with E-state index in [1.807, 2.05) is 42.5 Å². The molecule has 4 rings (SSSR count). The second-order valence-corrected chi connectivity index (χ2v) is 7.28. The molecule has 2 aromatic heterocycles. The minimum Gasteiger partial charge on any atom is -0.374 e. The topological polar surface area (TPSA) is 80.0 Å². The van der Waals surface area contributed by atoms with Crippen molar-refractivity contribution in [1.82, 2.24) is 10.1 Å². The molecule has 2 heterocycles. The normalized spacial score (nSPS) is 12.1. The fraction of sp³-hybridized carbons (Fsp3) is 0.150. The molecule has 0 unspecified atom stereocenters. The van der Waals surface area contributed by atoms with Gasteiger partial charge in [0.1, 0.15) is 16.8 Å². The summed E-state index contributed by atoms with van der Waals surface area (Å²) >= 11 is 1.65. The van der Waals surface area contributed by atoms with Crippen molar-refractivity contribution in [2.75, 3.05) is 10.6 Å². The number of anilines is 2. The van der Waals surface area contributed by atoms with Crippen LogP contribution >= 0.6 is 11.3 Å². The zero-order chi connectivity index (χ0) is 18.8. The van der Waals surface area contributed by atoms with Crippen LogP contribution in [0.4, 0.5) is 11.5 Å². The molecule has 0 spiro atoms. The third kappa shape index (κ3) is 3.83. The number of aryl methyl sites for hydroxylation is 1. The lowest BCUT2D eigenvalue weighted by molar-refractivity contribution is -0.116. The smallest absolute Gasteiger partial charge is 0.247 e. The van der Waals surface area contributed by atoms with Crippen molar-refractivity contribution < 1.29 is 9.32 Å². The zero-order valence-corrected chi connectivity index (χ0v) is 15.7. The van der Waals surface area contributed by atoms with Crippen molar-refractivity contribution in [1.29, 1.82) is 0 Å². The van der Waals surface area contributed by atoms with E-state index in [2.05, 4.69) is 26.8 Å². The first-order valence-corrected chi connectivity index (χ1v) is 9.37. The van der Waals surface area contributed by atoms with Crippen molar-refractivity contribution >= 4 is 39.0 Å². The van der Waals surface area contributed by atoms with Crippen LogP contribution in [0.1, 0.15) is 12.7 Å². The molecule has 6 nitrogen and oxygen atoms in total. The Hall–Kier alpha value is -3.19. The Morgan fingerprint density at radius 3 is 2.78 bits per heavy atom. The van der Waals surface area contributed by atoms with Crippen molar-refractivity contribution in [3.05, 3.63) is 60.4 Å². The summed E-state index contributed by atoms with van der Waals surface area (Å²) in [6, 6.07) is 17.2. The quantitative estimate of drug-likeness (QED) is 0.526. The molecule has 0 fully saturated rings. The van der Waals surface area contributed by atoms with Crippen LogP contribution in [0.25, 0.3) is 20.8 Å². The number of carbonyl (C=O) groups excluding carboxylic acids is 1. The number of hydrogen-bond acceptors (Lipinski definition) is 6. The first-order valence-electron chi connectivity index (χ1n) is 8.55. The van der Waals surface area contributed by atoms with E-state index >= 15 is 0 Å². The number of fused-ring (bicyclic) bond motifs is 1. The number of nitrogens with zero attached hydrogens (tertiary/aromatic N) is 2. The van der Waals surface area contributed by atoms with E-state index < -0.39 is 6.04 Å². The maximum absolute atomic E-state index is 12.3. The monoisotopic (exact) mass is 378 g/mol. The van der Waals surface area contributed by atoms with Gasteiger partial charge in [0.15, 0.2) is 5.82 Å². The Bertz CT molecular complexity index is 1070. The number of nitrogens with one attached hydrogen (secondary N) is 2. The molecule has 7 heteroatoms. The zero-order valence-electron chi connectivity index (χ0n) is 14.9. The summed E-state index contributed by atoms with van der Waals surface area (Å²) in [6.07, 6.45) is 0. The van der Waals surface area contributed by atoms with Crippen molar-refractivity contribution in [2.24, 2.45) is 0 Å². The lowest BCUT2D eigenvalue weighted by Crippen LogP contribution is -2.31. The maximum atomic E-state index is 12.3. The van der Waals surface area contributed by atoms with E-state index in [0.29, 0.717) is 11.6 Å². The number of benzene rings is 2. The van der Waals surface area contributed by atoms with E-state index in [-0.39, 0.29) is 5.91 Å². The lowest BCUT2D eigenvalue weighted by atomic mass is 10.2. The van der Waals surface area contributed by atoms with E-state index in [1.54, 1.807) is 31.3 Å². The summed E-state index contributed by atoms with van der Waals surface area (Å²) in [5.41, 5.74) is 2.86. The van der Waals surface area contributed by atoms with Crippen LogP contribution in [-0.2, 0) is 4.79 Å². The molecule has 0 saturated heterocycles. The van der Waals surface area contributed by atoms with Crippen LogP contribution in [0, 0.1) is 6.92 Å². The molecular weight excluding hydrogens is 360 g/mol. The lowest BCUT2D eigenvalue weighted by Gasteiger charge is -2.14. The number of amides is 1. The number of hydrogen-bond donors (Lipinski definition) is 2. The summed E-state index contributed by atoms with van der Waals surface area (Å²) in [6.45, 7) is 3.57. The van der Waals surface area contributed by atoms with Gasteiger partial charge in [0.2, 0.25) is 5.91 Å². The van der Waals surface area contributed by atoms with E-state index in [4.69, 9.17) is 4.52 Å². The molecule has 0 aliphatic rings. The molecule has 2 N–H and O–H groups in total. The molecular formula is C20H18N4O2S. The van der Waals surface area contributed by atoms with Crippen LogP contribution in [0.15, 0.2) is 59.1 Å². The third-order valence-corrected chi connectivity index (χ3v) is 5.14. The molecule has 0 bridgehead atoms. The van der Waals surface area contributed by atoms with Crippen LogP contribution in [0.3, 0.4) is 0 Å². The molecule has 0 aliphatic heterocycles. The third-order valence-electron chi connectivity index (χ3n) is 4.06. The van der Waals surface area contributed by atoms with Gasteiger partial charge in [-0.2, -0.15) is 0 Å². The number of carbonyl (C=O) groups is 1. The van der Waals surface area contributed by atoms with Gasteiger partial charge in [-0.3, -0.25) is 4.79 Å². The minimum absolute atomic E-state index is 0.186. The largest absolute Gasteiger partial charge is 0.374 e. The Kier molecular flexibility index (Phi) is 4.60. The summed E-state index contributed by atoms with van der Waals surface area (Å²) in [5.74, 6) is 0.873. The fourth-order valence-corrected chi connectivity index (χ4v) is 3.68. The number of thiazole rings is 1. The van der Waals surface area contributed by atoms with Crippen LogP contribution < -0.4 is 10.6 Å². The van der Waals surface area contributed by atoms with Crippen molar-refractivity contribution in [3.63, 3.8) is 0 Å². The Labute approximate surface area is 160 Å². The number of aromatic nitrogens is 2. The highest BCUT2D eigenvalue weighted by Crippen LogP contribution is 2.31. The summed E-state index contributed by atoms with van der Waals surface area (Å²) in [4.78, 5) is 17.0. The van der Waals surface area contributed by atoms with Crippen LogP contribution in [0.2, 0.25) is 0 Å². The molecule has 0 aliphatic carbocycles. The standard InChI is InChI=1S/C20H18N4O2S/c1-12-10-18(24-26-12)23-19(25)13(2)21-15-7-5-6-14(11-15)20-22-16-8-3-4-9-17(16)27-20/h3-11,13,21H,1-2H3,(H,23,24,25)/t13-/m0/s1. The van der Waals surface area contributed by atoms with E-state index in [1.165, 1.54) is 0 Å². The predicted molar refractivity (Wildman–Crippen MR) is 108 cm³/mol. The Morgan fingerprint density at radius 2 is 2.00 bits per heavy atom. The van der Waals surface area contributed by atoms with Crippen LogP contribution in [0.5, 0.6) is 0 Å². The second kappa shape index (κ2) is 7.20. The highest BCUT2D eigenvalue weighted by Gasteiger charge is 2.15. The summed E-state index contributed by atoms with van der Waals surface area (Å²) in [5, 5.41) is 10.7. The van der Waals surface area contributed by atoms with Crippen molar-refractivity contribution in [3.8, 4) is 10.6 Å². The molecule has 27 heavy (non-hydrogen) atoms. The van der Waals surface area contributed by atoms with Crippen LogP contribution in [-0.4, -0.2) is 22.1 Å². The van der Waals surface area contributed by atoms with Crippen molar-refractivity contribution in [2.45, 2.75) is 19.9 Å². The molecule has 136 valence electrons. The number of rotatable bonds is 5. The van der Waals surface area contributed by atoms with Gasteiger partial charge in [-0.05, 0) is 38.1 Å². The Morgan fingerprint density at radius 1 is 1.15 bits per heavy atom. The van der Waals surface area contributed by atoms with Gasteiger partial charge in [0, 0.05) is 17.3 Å². The highest BCUT2D eigenvalue weighted by molar-refractivity contribution is 7.21. The van der Waals surface area contributed by atoms with Gasteiger partial charge in [-0.25, -0.2) is 4.98 Å². The van der Waals surface area contributed by atoms with Gasteiger partial charge in [0.25, 0.3) is 0 Å². The Balaban J connectivity index is 1.49. The SMILES string of the molecule is Cc1cc(NC(=O)[C@H](C)Nc2cccc(-c3nc4ccccc4s3)c2)no1. The molecule has 0 saturated carbocycles. The van der Waals surface area contributed by atoms with Gasteiger partial charge in [-0.15, -0.1) is 11.3 Å². The average Bonchev–Trinajstić information content (AvgIpc) is 3.27. The van der Waals surface area contributed by atoms with Gasteiger partial charge >= 0.3 is 0 Å². The van der Waals surface area contributed by atoms with E-state index in [0.717, 1.165) is 26.5 Å². The molecule has 0 radical (unpaired) electrons. The van der Waals surface area contributed by atoms with Gasteiger partial charge < -0.3 is 15.2 Å². The summed E-state index contributed by atoms with van der Waals surface area (Å²) < 4.78 is 6.12. The van der Waals surface area contributed by atoms with E-state index in [9.17, 15) is 4.79 Å². The highest BCUT2D eigenvalue weighted by atomic mass is 32.1. The molecule has 4 aromatic rings. The van der Waals surface area contributed by atoms with Gasteiger partial charge in [-0.1, -0.05) is 29.4 Å². The molecule has 1 amide bonds.